The van der Waals surface area contributed by atoms with Crippen molar-refractivity contribution < 1.29 is 0 Å². The maximum absolute atomic E-state index is 5.02. The van der Waals surface area contributed by atoms with Crippen molar-refractivity contribution in [1.29, 1.82) is 0 Å². The zero-order valence-corrected chi connectivity index (χ0v) is 17.3. The van der Waals surface area contributed by atoms with Crippen LogP contribution in [0.4, 0.5) is 0 Å². The number of pyridine rings is 2. The largest absolute Gasteiger partial charge is 0.255 e. The molecule has 4 aromatic rings. The third-order valence-corrected chi connectivity index (χ3v) is 5.97. The average molecular weight is 367 g/mol. The van der Waals surface area contributed by atoms with Crippen LogP contribution in [0.25, 0.3) is 32.9 Å². The van der Waals surface area contributed by atoms with E-state index in [1.807, 2.05) is 6.20 Å². The Bertz CT molecular complexity index is 1240. The highest BCUT2D eigenvalue weighted by Crippen LogP contribution is 2.50. The van der Waals surface area contributed by atoms with Crippen LogP contribution in [0.5, 0.6) is 0 Å². The minimum atomic E-state index is -0.111. The summed E-state index contributed by atoms with van der Waals surface area (Å²) in [7, 11) is 0. The third kappa shape index (κ3) is 2.47. The molecule has 0 radical (unpaired) electrons. The maximum Gasteiger partial charge on any atom is 0.0802 e. The molecule has 0 bridgehead atoms. The van der Waals surface area contributed by atoms with Gasteiger partial charge in [0.25, 0.3) is 0 Å². The van der Waals surface area contributed by atoms with E-state index in [9.17, 15) is 0 Å². The Morgan fingerprint density at radius 1 is 0.964 bits per heavy atom. The van der Waals surface area contributed by atoms with Gasteiger partial charge in [0.1, 0.15) is 0 Å². The van der Waals surface area contributed by atoms with Crippen LogP contribution in [0.2, 0.25) is 0 Å². The summed E-state index contributed by atoms with van der Waals surface area (Å²) in [5, 5.41) is 3.82. The van der Waals surface area contributed by atoms with Crippen LogP contribution >= 0.6 is 0 Å². The summed E-state index contributed by atoms with van der Waals surface area (Å²) in [6.45, 7) is 11.5. The first-order valence-electron chi connectivity index (χ1n) is 10.1. The van der Waals surface area contributed by atoms with Crippen LogP contribution in [-0.4, -0.2) is 9.97 Å². The molecule has 0 unspecified atom stereocenters. The summed E-state index contributed by atoms with van der Waals surface area (Å²) in [6, 6.07) is 17.6. The van der Waals surface area contributed by atoms with Gasteiger partial charge in [0.05, 0.1) is 11.2 Å². The molecule has 1 aliphatic rings. The molecule has 2 nitrogen and oxygen atoms in total. The molecule has 2 aromatic carbocycles. The van der Waals surface area contributed by atoms with E-state index in [1.165, 1.54) is 38.5 Å². The van der Waals surface area contributed by atoms with Crippen molar-refractivity contribution in [3.05, 3.63) is 71.5 Å². The van der Waals surface area contributed by atoms with Crippen LogP contribution in [-0.2, 0) is 11.8 Å². The SMILES string of the molecule is CC(C)(C)Cc1cc2c3c(nccc3n1)-c1ccc3ccccc3c1C2(C)C. The maximum atomic E-state index is 5.02. The number of hydrogen-bond acceptors (Lipinski definition) is 2. The van der Waals surface area contributed by atoms with Crippen molar-refractivity contribution in [2.75, 3.05) is 0 Å². The fourth-order valence-corrected chi connectivity index (χ4v) is 4.84. The second kappa shape index (κ2) is 5.64. The van der Waals surface area contributed by atoms with Crippen LogP contribution in [0, 0.1) is 5.41 Å². The van der Waals surface area contributed by atoms with Crippen LogP contribution in [0.1, 0.15) is 51.4 Å². The van der Waals surface area contributed by atoms with E-state index in [-0.39, 0.29) is 10.8 Å². The molecule has 0 saturated heterocycles. The summed E-state index contributed by atoms with van der Waals surface area (Å²) in [5.41, 5.74) is 7.37. The van der Waals surface area contributed by atoms with Crippen molar-refractivity contribution in [3.63, 3.8) is 0 Å². The molecule has 0 aliphatic heterocycles. The van der Waals surface area contributed by atoms with Gasteiger partial charge in [-0.3, -0.25) is 9.97 Å². The van der Waals surface area contributed by atoms with Crippen molar-refractivity contribution in [2.45, 2.75) is 46.5 Å². The fraction of sp³-hybridized carbons (Fsp3) is 0.308. The van der Waals surface area contributed by atoms with Crippen molar-refractivity contribution >= 4 is 21.7 Å². The summed E-state index contributed by atoms with van der Waals surface area (Å²) in [4.78, 5) is 9.84. The van der Waals surface area contributed by atoms with E-state index in [4.69, 9.17) is 9.97 Å². The Morgan fingerprint density at radius 2 is 1.75 bits per heavy atom. The molecule has 28 heavy (non-hydrogen) atoms. The molecule has 0 atom stereocenters. The fourth-order valence-electron chi connectivity index (χ4n) is 4.84. The third-order valence-electron chi connectivity index (χ3n) is 5.97. The van der Waals surface area contributed by atoms with E-state index >= 15 is 0 Å². The molecule has 140 valence electrons. The molecular formula is C26H26N2. The Hall–Kier alpha value is -2.74. The van der Waals surface area contributed by atoms with Gasteiger partial charge in [-0.15, -0.1) is 0 Å². The molecule has 2 heteroatoms. The first-order valence-corrected chi connectivity index (χ1v) is 10.1. The standard InChI is InChI=1S/C26H26N2/c1-25(2,3)15-17-14-20-22-21(28-17)12-13-27-24(22)19-11-10-16-8-6-7-9-18(16)23(19)26(20,4)5/h6-14H,15H2,1-5H3. The first kappa shape index (κ1) is 17.4. The number of aromatic nitrogens is 2. The van der Waals surface area contributed by atoms with Crippen molar-refractivity contribution in [2.24, 2.45) is 5.41 Å². The normalized spacial score (nSPS) is 15.0. The van der Waals surface area contributed by atoms with Gasteiger partial charge in [0, 0.05) is 28.3 Å². The average Bonchev–Trinajstić information content (AvgIpc) is 2.63. The highest BCUT2D eigenvalue weighted by Gasteiger charge is 2.36. The molecule has 0 fully saturated rings. The lowest BCUT2D eigenvalue weighted by molar-refractivity contribution is 0.406. The Balaban J connectivity index is 1.90. The van der Waals surface area contributed by atoms with E-state index in [2.05, 4.69) is 83.1 Å². The molecule has 2 aromatic heterocycles. The lowest BCUT2D eigenvalue weighted by atomic mass is 9.68. The van der Waals surface area contributed by atoms with E-state index in [0.29, 0.717) is 0 Å². The topological polar surface area (TPSA) is 25.8 Å². The van der Waals surface area contributed by atoms with Gasteiger partial charge in [-0.1, -0.05) is 71.0 Å². The van der Waals surface area contributed by atoms with E-state index in [0.717, 1.165) is 17.6 Å². The highest BCUT2D eigenvalue weighted by molar-refractivity contribution is 6.04. The van der Waals surface area contributed by atoms with Crippen LogP contribution in [0.15, 0.2) is 54.7 Å². The second-order valence-corrected chi connectivity index (χ2v) is 9.79. The molecule has 0 amide bonds. The molecule has 0 spiro atoms. The molecule has 0 N–H and O–H groups in total. The smallest absolute Gasteiger partial charge is 0.0802 e. The molecule has 2 heterocycles. The van der Waals surface area contributed by atoms with Gasteiger partial charge in [0.2, 0.25) is 0 Å². The van der Waals surface area contributed by atoms with Crippen LogP contribution in [0.3, 0.4) is 0 Å². The molecule has 1 aliphatic carbocycles. The quantitative estimate of drug-likeness (QED) is 0.375. The van der Waals surface area contributed by atoms with Crippen molar-refractivity contribution in [1.82, 2.24) is 9.97 Å². The molecule has 5 rings (SSSR count). The summed E-state index contributed by atoms with van der Waals surface area (Å²) >= 11 is 0. The van der Waals surface area contributed by atoms with Gasteiger partial charge in [-0.05, 0) is 45.9 Å². The summed E-state index contributed by atoms with van der Waals surface area (Å²) < 4.78 is 0. The summed E-state index contributed by atoms with van der Waals surface area (Å²) in [5.74, 6) is 0. The van der Waals surface area contributed by atoms with Gasteiger partial charge < -0.3 is 0 Å². The molecular weight excluding hydrogens is 340 g/mol. The zero-order valence-electron chi connectivity index (χ0n) is 17.3. The van der Waals surface area contributed by atoms with Crippen molar-refractivity contribution in [3.8, 4) is 11.3 Å². The Kier molecular flexibility index (Phi) is 3.49. The Morgan fingerprint density at radius 3 is 2.54 bits per heavy atom. The monoisotopic (exact) mass is 366 g/mol. The zero-order chi connectivity index (χ0) is 19.7. The number of rotatable bonds is 1. The Labute approximate surface area is 166 Å². The van der Waals surface area contributed by atoms with Gasteiger partial charge >= 0.3 is 0 Å². The van der Waals surface area contributed by atoms with E-state index < -0.39 is 0 Å². The predicted molar refractivity (Wildman–Crippen MR) is 118 cm³/mol. The lowest BCUT2D eigenvalue weighted by Gasteiger charge is -2.36. The lowest BCUT2D eigenvalue weighted by Crippen LogP contribution is -2.25. The summed E-state index contributed by atoms with van der Waals surface area (Å²) in [6.07, 6.45) is 2.87. The van der Waals surface area contributed by atoms with Gasteiger partial charge in [0.15, 0.2) is 0 Å². The van der Waals surface area contributed by atoms with Crippen LogP contribution < -0.4 is 0 Å². The first-order chi connectivity index (χ1) is 13.3. The minimum absolute atomic E-state index is 0.111. The number of nitrogens with zero attached hydrogens (tertiary/aromatic N) is 2. The van der Waals surface area contributed by atoms with Gasteiger partial charge in [-0.25, -0.2) is 0 Å². The number of hydrogen-bond donors (Lipinski definition) is 0. The number of fused-ring (bicyclic) bond motifs is 4. The second-order valence-electron chi connectivity index (χ2n) is 9.79. The minimum Gasteiger partial charge on any atom is -0.255 e. The highest BCUT2D eigenvalue weighted by atomic mass is 14.8. The molecule has 0 saturated carbocycles. The number of benzene rings is 2. The van der Waals surface area contributed by atoms with Gasteiger partial charge in [-0.2, -0.15) is 0 Å². The van der Waals surface area contributed by atoms with E-state index in [1.54, 1.807) is 0 Å². The predicted octanol–water partition coefficient (Wildman–Crippen LogP) is 6.68.